The van der Waals surface area contributed by atoms with E-state index in [2.05, 4.69) is 0 Å². The van der Waals surface area contributed by atoms with Crippen molar-refractivity contribution >= 4 is 29.3 Å². The molecule has 1 fully saturated rings. The van der Waals surface area contributed by atoms with E-state index in [0.29, 0.717) is 35.9 Å². The van der Waals surface area contributed by atoms with Crippen molar-refractivity contribution in [3.63, 3.8) is 0 Å². The second kappa shape index (κ2) is 9.19. The number of amides is 2. The molecule has 1 saturated heterocycles. The van der Waals surface area contributed by atoms with Crippen molar-refractivity contribution in [2.24, 2.45) is 0 Å². The summed E-state index contributed by atoms with van der Waals surface area (Å²) in [6, 6.07) is 20.3. The summed E-state index contributed by atoms with van der Waals surface area (Å²) in [5, 5.41) is 0. The minimum atomic E-state index is -1.16. The lowest BCUT2D eigenvalue weighted by Crippen LogP contribution is -2.50. The number of methoxy groups -OCH3 is 3. The Hall–Kier alpha value is -3.65. The third kappa shape index (κ3) is 3.78. The molecule has 7 nitrogen and oxygen atoms in total. The van der Waals surface area contributed by atoms with Crippen LogP contribution in [0.4, 0.5) is 5.69 Å². The highest BCUT2D eigenvalue weighted by Crippen LogP contribution is 2.55. The molecule has 0 bridgehead atoms. The maximum Gasteiger partial charge on any atom is 0.268 e. The van der Waals surface area contributed by atoms with Gasteiger partial charge in [-0.3, -0.25) is 9.59 Å². The standard InChI is InChI=1S/C27H26N2O5S/c1-32-20-8-4-6-18(14-20)17-28-24-11-10-22(34-3)16-23(24)27(26(28)31)29(12-13-35-27)25(30)19-7-5-9-21(15-19)33-2/h4-11,14-16H,12-13,17H2,1-3H3. The number of rotatable bonds is 6. The first kappa shape index (κ1) is 23.1. The van der Waals surface area contributed by atoms with Crippen molar-refractivity contribution < 1.29 is 23.8 Å². The van der Waals surface area contributed by atoms with Gasteiger partial charge in [-0.05, 0) is 54.1 Å². The Kier molecular flexibility index (Phi) is 6.06. The van der Waals surface area contributed by atoms with E-state index in [9.17, 15) is 9.59 Å². The van der Waals surface area contributed by atoms with Crippen molar-refractivity contribution in [3.8, 4) is 17.2 Å². The molecule has 2 aliphatic heterocycles. The maximum absolute atomic E-state index is 14.2. The fourth-order valence-electron chi connectivity index (χ4n) is 4.74. The topological polar surface area (TPSA) is 68.3 Å². The van der Waals surface area contributed by atoms with E-state index in [0.717, 1.165) is 22.6 Å². The summed E-state index contributed by atoms with van der Waals surface area (Å²) in [5.41, 5.74) is 2.96. The van der Waals surface area contributed by atoms with Crippen molar-refractivity contribution in [2.75, 3.05) is 38.5 Å². The van der Waals surface area contributed by atoms with E-state index >= 15 is 0 Å². The van der Waals surface area contributed by atoms with E-state index in [1.54, 1.807) is 55.4 Å². The van der Waals surface area contributed by atoms with Crippen LogP contribution in [0.15, 0.2) is 66.7 Å². The normalized spacial score (nSPS) is 18.7. The molecule has 3 aromatic rings. The van der Waals surface area contributed by atoms with Gasteiger partial charge in [-0.2, -0.15) is 0 Å². The number of nitrogens with zero attached hydrogens (tertiary/aromatic N) is 2. The Bertz CT molecular complexity index is 1300. The third-order valence-electron chi connectivity index (χ3n) is 6.44. The van der Waals surface area contributed by atoms with Crippen LogP contribution in [0, 0.1) is 0 Å². The SMILES string of the molecule is COc1cccc(CN2C(=O)C3(SCCN3C(=O)c3cccc(OC)c3)c3cc(OC)ccc32)c1. The summed E-state index contributed by atoms with van der Waals surface area (Å²) in [6.07, 6.45) is 0. The first-order chi connectivity index (χ1) is 17.0. The molecule has 5 rings (SSSR count). The van der Waals surface area contributed by atoms with Gasteiger partial charge in [0.1, 0.15) is 17.2 Å². The fraction of sp³-hybridized carbons (Fsp3) is 0.259. The molecular formula is C27H26N2O5S. The largest absolute Gasteiger partial charge is 0.497 e. The fourth-order valence-corrected chi connectivity index (χ4v) is 6.20. The summed E-state index contributed by atoms with van der Waals surface area (Å²) < 4.78 is 16.2. The Balaban J connectivity index is 1.59. The highest BCUT2D eigenvalue weighted by atomic mass is 32.2. The second-order valence-corrected chi connectivity index (χ2v) is 9.59. The van der Waals surface area contributed by atoms with Crippen molar-refractivity contribution in [1.29, 1.82) is 0 Å². The van der Waals surface area contributed by atoms with Crippen LogP contribution in [0.3, 0.4) is 0 Å². The predicted octanol–water partition coefficient (Wildman–Crippen LogP) is 4.30. The van der Waals surface area contributed by atoms with Crippen LogP contribution in [0.25, 0.3) is 0 Å². The number of hydrogen-bond donors (Lipinski definition) is 0. The molecule has 0 aliphatic carbocycles. The molecule has 1 spiro atoms. The quantitative estimate of drug-likeness (QED) is 0.513. The van der Waals surface area contributed by atoms with Crippen molar-refractivity contribution in [3.05, 3.63) is 83.4 Å². The molecular weight excluding hydrogens is 464 g/mol. The molecule has 1 atom stereocenters. The molecule has 0 saturated carbocycles. The predicted molar refractivity (Wildman–Crippen MR) is 135 cm³/mol. The third-order valence-corrected chi connectivity index (χ3v) is 7.86. The Morgan fingerprint density at radius 1 is 0.914 bits per heavy atom. The lowest BCUT2D eigenvalue weighted by atomic mass is 10.0. The first-order valence-corrected chi connectivity index (χ1v) is 12.2. The van der Waals surface area contributed by atoms with Gasteiger partial charge in [-0.15, -0.1) is 11.8 Å². The first-order valence-electron chi connectivity index (χ1n) is 11.2. The van der Waals surface area contributed by atoms with Crippen LogP contribution in [-0.2, 0) is 16.2 Å². The number of anilines is 1. The molecule has 0 N–H and O–H groups in total. The Morgan fingerprint density at radius 3 is 2.34 bits per heavy atom. The smallest absolute Gasteiger partial charge is 0.268 e. The van der Waals surface area contributed by atoms with E-state index in [1.807, 2.05) is 42.5 Å². The average Bonchev–Trinajstić information content (AvgIpc) is 3.45. The van der Waals surface area contributed by atoms with Gasteiger partial charge in [-0.1, -0.05) is 18.2 Å². The molecule has 3 aromatic carbocycles. The van der Waals surface area contributed by atoms with E-state index in [1.165, 1.54) is 11.8 Å². The van der Waals surface area contributed by atoms with Gasteiger partial charge in [0.15, 0.2) is 4.87 Å². The Labute approximate surface area is 208 Å². The second-order valence-electron chi connectivity index (χ2n) is 8.31. The minimum absolute atomic E-state index is 0.137. The number of hydrogen-bond acceptors (Lipinski definition) is 6. The molecule has 2 amide bonds. The van der Waals surface area contributed by atoms with Crippen molar-refractivity contribution in [2.45, 2.75) is 11.4 Å². The highest BCUT2D eigenvalue weighted by Gasteiger charge is 2.59. The van der Waals surface area contributed by atoms with Gasteiger partial charge in [0.05, 0.1) is 33.6 Å². The van der Waals surface area contributed by atoms with Crippen LogP contribution < -0.4 is 19.1 Å². The minimum Gasteiger partial charge on any atom is -0.497 e. The van der Waals surface area contributed by atoms with Gasteiger partial charge in [0.25, 0.3) is 11.8 Å². The van der Waals surface area contributed by atoms with E-state index in [-0.39, 0.29) is 11.8 Å². The zero-order valence-electron chi connectivity index (χ0n) is 19.8. The van der Waals surface area contributed by atoms with Gasteiger partial charge in [0.2, 0.25) is 0 Å². The van der Waals surface area contributed by atoms with E-state index in [4.69, 9.17) is 14.2 Å². The number of ether oxygens (including phenoxy) is 3. The van der Waals surface area contributed by atoms with Crippen LogP contribution in [0.5, 0.6) is 17.2 Å². The maximum atomic E-state index is 14.2. The molecule has 35 heavy (non-hydrogen) atoms. The lowest BCUT2D eigenvalue weighted by Gasteiger charge is -2.33. The molecule has 1 unspecified atom stereocenters. The van der Waals surface area contributed by atoms with Crippen molar-refractivity contribution in [1.82, 2.24) is 4.90 Å². The summed E-state index contributed by atoms with van der Waals surface area (Å²) in [7, 11) is 4.78. The molecule has 2 heterocycles. The van der Waals surface area contributed by atoms with Crippen LogP contribution >= 0.6 is 11.8 Å². The summed E-state index contributed by atoms with van der Waals surface area (Å²) in [5.74, 6) is 2.26. The highest BCUT2D eigenvalue weighted by molar-refractivity contribution is 8.01. The number of benzene rings is 3. The number of carbonyl (C=O) groups excluding carboxylic acids is 2. The van der Waals surface area contributed by atoms with Gasteiger partial charge in [-0.25, -0.2) is 0 Å². The number of carbonyl (C=O) groups is 2. The van der Waals surface area contributed by atoms with Gasteiger partial charge >= 0.3 is 0 Å². The zero-order chi connectivity index (χ0) is 24.6. The molecule has 8 heteroatoms. The Morgan fingerprint density at radius 2 is 1.60 bits per heavy atom. The van der Waals surface area contributed by atoms with Gasteiger partial charge in [0, 0.05) is 23.4 Å². The molecule has 0 aromatic heterocycles. The van der Waals surface area contributed by atoms with Crippen LogP contribution in [0.1, 0.15) is 21.5 Å². The summed E-state index contributed by atoms with van der Waals surface area (Å²) in [6.45, 7) is 0.814. The zero-order valence-corrected chi connectivity index (χ0v) is 20.6. The average molecular weight is 491 g/mol. The van der Waals surface area contributed by atoms with Crippen LogP contribution in [0.2, 0.25) is 0 Å². The summed E-state index contributed by atoms with van der Waals surface area (Å²) in [4.78, 5) is 30.3. The van der Waals surface area contributed by atoms with E-state index < -0.39 is 4.87 Å². The lowest BCUT2D eigenvalue weighted by molar-refractivity contribution is -0.123. The summed E-state index contributed by atoms with van der Waals surface area (Å²) >= 11 is 1.49. The molecule has 0 radical (unpaired) electrons. The molecule has 2 aliphatic rings. The number of fused-ring (bicyclic) bond motifs is 2. The number of thioether (sulfide) groups is 1. The van der Waals surface area contributed by atoms with Crippen LogP contribution in [-0.4, -0.2) is 50.3 Å². The monoisotopic (exact) mass is 490 g/mol. The van der Waals surface area contributed by atoms with Gasteiger partial charge < -0.3 is 24.0 Å². The molecule has 180 valence electrons.